The van der Waals surface area contributed by atoms with Crippen molar-refractivity contribution in [1.29, 1.82) is 0 Å². The number of rotatable bonds is 3. The molecule has 0 aromatic heterocycles. The lowest BCUT2D eigenvalue weighted by Crippen LogP contribution is -2.46. The maximum absolute atomic E-state index is 12.7. The maximum Gasteiger partial charge on any atom is 0.243 e. The summed E-state index contributed by atoms with van der Waals surface area (Å²) in [6, 6.07) is 6.76. The van der Waals surface area contributed by atoms with Gasteiger partial charge in [-0.05, 0) is 32.4 Å². The van der Waals surface area contributed by atoms with Gasteiger partial charge >= 0.3 is 0 Å². The van der Waals surface area contributed by atoms with E-state index in [2.05, 4.69) is 0 Å². The molecule has 1 aromatic rings. The number of carbonyl (C=O) groups excluding carboxylic acids is 1. The molecule has 6 nitrogen and oxygen atoms in total. The zero-order chi connectivity index (χ0) is 16.6. The average Bonchev–Trinajstić information content (AvgIpc) is 2.67. The highest BCUT2D eigenvalue weighted by Gasteiger charge is 2.41. The molecule has 1 atom stereocenters. The largest absolute Gasteiger partial charge is 0.323 e. The standard InChI is InChI=1S/C16H21NO5S/c1-11-3-5-13(6-4-11)23(19,20)17-9-7-14(15(18)8-10-17)16-21-12(2)22-16/h3-6,12,14,16H,7-10H2,1-2H3. The van der Waals surface area contributed by atoms with E-state index in [-0.39, 0.29) is 35.9 Å². The van der Waals surface area contributed by atoms with Crippen LogP contribution in [-0.4, -0.2) is 44.2 Å². The van der Waals surface area contributed by atoms with Crippen LogP contribution in [0.25, 0.3) is 0 Å². The van der Waals surface area contributed by atoms with Crippen molar-refractivity contribution in [2.24, 2.45) is 5.92 Å². The summed E-state index contributed by atoms with van der Waals surface area (Å²) >= 11 is 0. The van der Waals surface area contributed by atoms with E-state index in [4.69, 9.17) is 9.47 Å². The summed E-state index contributed by atoms with van der Waals surface area (Å²) in [5, 5.41) is 0. The second-order valence-corrected chi connectivity index (χ2v) is 7.97. The minimum atomic E-state index is -3.57. The van der Waals surface area contributed by atoms with Crippen LogP contribution in [0.5, 0.6) is 0 Å². The van der Waals surface area contributed by atoms with Gasteiger partial charge in [0.15, 0.2) is 12.6 Å². The molecule has 0 saturated carbocycles. The number of nitrogens with zero attached hydrogens (tertiary/aromatic N) is 1. The van der Waals surface area contributed by atoms with Gasteiger partial charge in [0.05, 0.1) is 10.8 Å². The number of hydrogen-bond donors (Lipinski definition) is 0. The Hall–Kier alpha value is -1.28. The molecule has 0 N–H and O–H groups in total. The molecule has 0 aliphatic carbocycles. The van der Waals surface area contributed by atoms with Crippen molar-refractivity contribution in [2.45, 2.75) is 44.2 Å². The Labute approximate surface area is 136 Å². The topological polar surface area (TPSA) is 72.9 Å². The molecule has 2 aliphatic heterocycles. The van der Waals surface area contributed by atoms with Gasteiger partial charge in [-0.25, -0.2) is 8.42 Å². The molecular weight excluding hydrogens is 318 g/mol. The molecule has 2 fully saturated rings. The Kier molecular flexibility index (Phi) is 4.55. The first kappa shape index (κ1) is 16.6. The highest BCUT2D eigenvalue weighted by molar-refractivity contribution is 7.89. The number of sulfonamides is 1. The van der Waals surface area contributed by atoms with Crippen LogP contribution in [0.2, 0.25) is 0 Å². The number of Topliss-reactive ketones (excluding diaryl/α,β-unsaturated/α-hetero) is 1. The van der Waals surface area contributed by atoms with Crippen LogP contribution in [0.15, 0.2) is 29.2 Å². The van der Waals surface area contributed by atoms with E-state index in [0.717, 1.165) is 5.56 Å². The van der Waals surface area contributed by atoms with E-state index in [0.29, 0.717) is 13.0 Å². The van der Waals surface area contributed by atoms with Crippen molar-refractivity contribution >= 4 is 15.8 Å². The maximum atomic E-state index is 12.7. The van der Waals surface area contributed by atoms with E-state index in [9.17, 15) is 13.2 Å². The molecule has 0 spiro atoms. The summed E-state index contributed by atoms with van der Waals surface area (Å²) in [6.07, 6.45) is -0.211. The fourth-order valence-electron chi connectivity index (χ4n) is 2.94. The van der Waals surface area contributed by atoms with Gasteiger partial charge in [-0.3, -0.25) is 4.79 Å². The predicted octanol–water partition coefficient (Wildman–Crippen LogP) is 1.68. The van der Waals surface area contributed by atoms with Crippen LogP contribution in [0, 0.1) is 12.8 Å². The van der Waals surface area contributed by atoms with Crippen LogP contribution in [0.4, 0.5) is 0 Å². The Morgan fingerprint density at radius 3 is 2.39 bits per heavy atom. The second kappa shape index (κ2) is 6.32. The van der Waals surface area contributed by atoms with Crippen LogP contribution in [0.1, 0.15) is 25.3 Å². The minimum absolute atomic E-state index is 0.00325. The highest BCUT2D eigenvalue weighted by Crippen LogP contribution is 2.30. The molecule has 2 heterocycles. The molecule has 2 saturated heterocycles. The van der Waals surface area contributed by atoms with Crippen LogP contribution >= 0.6 is 0 Å². The number of ketones is 1. The van der Waals surface area contributed by atoms with Gasteiger partial charge in [-0.15, -0.1) is 0 Å². The van der Waals surface area contributed by atoms with Gasteiger partial charge in [0.25, 0.3) is 0 Å². The molecule has 1 aromatic carbocycles. The third-order valence-corrected chi connectivity index (χ3v) is 6.26. The van der Waals surface area contributed by atoms with Crippen molar-refractivity contribution in [3.05, 3.63) is 29.8 Å². The Morgan fingerprint density at radius 2 is 1.78 bits per heavy atom. The molecular formula is C16H21NO5S. The second-order valence-electron chi connectivity index (χ2n) is 6.04. The monoisotopic (exact) mass is 339 g/mol. The SMILES string of the molecule is Cc1ccc(S(=O)(=O)N2CCC(=O)C(C3OC(C)O3)CC2)cc1. The van der Waals surface area contributed by atoms with Crippen LogP contribution in [-0.2, 0) is 24.3 Å². The fourth-order valence-corrected chi connectivity index (χ4v) is 4.40. The van der Waals surface area contributed by atoms with Gasteiger partial charge < -0.3 is 9.47 Å². The molecule has 0 radical (unpaired) electrons. The summed E-state index contributed by atoms with van der Waals surface area (Å²) in [6.45, 7) is 4.18. The number of aryl methyl sites for hydroxylation is 1. The van der Waals surface area contributed by atoms with Crippen molar-refractivity contribution in [1.82, 2.24) is 4.31 Å². The molecule has 3 rings (SSSR count). The molecule has 1 unspecified atom stereocenters. The minimum Gasteiger partial charge on any atom is -0.323 e. The van der Waals surface area contributed by atoms with Crippen LogP contribution < -0.4 is 0 Å². The third kappa shape index (κ3) is 3.33. The van der Waals surface area contributed by atoms with Crippen LogP contribution in [0.3, 0.4) is 0 Å². The summed E-state index contributed by atoms with van der Waals surface area (Å²) < 4.78 is 37.7. The van der Waals surface area contributed by atoms with Gasteiger partial charge in [0, 0.05) is 19.5 Å². The number of hydrogen-bond acceptors (Lipinski definition) is 5. The van der Waals surface area contributed by atoms with E-state index >= 15 is 0 Å². The average molecular weight is 339 g/mol. The molecule has 2 aliphatic rings. The highest BCUT2D eigenvalue weighted by atomic mass is 32.2. The number of ether oxygens (including phenoxy) is 2. The fraction of sp³-hybridized carbons (Fsp3) is 0.562. The molecule has 126 valence electrons. The first-order valence-corrected chi connectivity index (χ1v) is 9.22. The normalized spacial score (nSPS) is 29.8. The lowest BCUT2D eigenvalue weighted by atomic mass is 9.98. The van der Waals surface area contributed by atoms with Crippen molar-refractivity contribution < 1.29 is 22.7 Å². The van der Waals surface area contributed by atoms with Crippen molar-refractivity contribution in [3.8, 4) is 0 Å². The number of carbonyl (C=O) groups is 1. The molecule has 23 heavy (non-hydrogen) atoms. The summed E-state index contributed by atoms with van der Waals surface area (Å²) in [4.78, 5) is 12.5. The smallest absolute Gasteiger partial charge is 0.243 e. The Morgan fingerprint density at radius 1 is 1.13 bits per heavy atom. The zero-order valence-corrected chi connectivity index (χ0v) is 14.1. The quantitative estimate of drug-likeness (QED) is 0.838. The van der Waals surface area contributed by atoms with Crippen molar-refractivity contribution in [2.75, 3.05) is 13.1 Å². The number of benzene rings is 1. The molecule has 7 heteroatoms. The molecule has 0 bridgehead atoms. The van der Waals surface area contributed by atoms with E-state index in [1.165, 1.54) is 4.31 Å². The lowest BCUT2D eigenvalue weighted by Gasteiger charge is -2.37. The lowest BCUT2D eigenvalue weighted by molar-refractivity contribution is -0.387. The van der Waals surface area contributed by atoms with E-state index < -0.39 is 16.3 Å². The Balaban J connectivity index is 1.74. The summed E-state index contributed by atoms with van der Waals surface area (Å²) in [5.74, 6) is -0.382. The first-order valence-electron chi connectivity index (χ1n) is 7.78. The van der Waals surface area contributed by atoms with Gasteiger partial charge in [0.2, 0.25) is 10.0 Å². The molecule has 0 amide bonds. The van der Waals surface area contributed by atoms with Gasteiger partial charge in [0.1, 0.15) is 5.78 Å². The Bertz CT molecular complexity index is 679. The van der Waals surface area contributed by atoms with E-state index in [1.54, 1.807) is 31.2 Å². The van der Waals surface area contributed by atoms with Crippen molar-refractivity contribution in [3.63, 3.8) is 0 Å². The summed E-state index contributed by atoms with van der Waals surface area (Å²) in [7, 11) is -3.57. The third-order valence-electron chi connectivity index (χ3n) is 4.35. The van der Waals surface area contributed by atoms with Gasteiger partial charge in [-0.2, -0.15) is 4.31 Å². The van der Waals surface area contributed by atoms with E-state index in [1.807, 2.05) is 6.92 Å². The van der Waals surface area contributed by atoms with Gasteiger partial charge in [-0.1, -0.05) is 17.7 Å². The predicted molar refractivity (Wildman–Crippen MR) is 83.1 cm³/mol. The first-order chi connectivity index (χ1) is 10.9. The summed E-state index contributed by atoms with van der Waals surface area (Å²) in [5.41, 5.74) is 1.00. The zero-order valence-electron chi connectivity index (χ0n) is 13.3.